The Hall–Kier alpha value is -2.94. The van der Waals surface area contributed by atoms with Crippen molar-refractivity contribution >= 4 is 11.7 Å². The highest BCUT2D eigenvalue weighted by molar-refractivity contribution is 5.96. The van der Waals surface area contributed by atoms with E-state index in [1.165, 1.54) is 22.3 Å². The average molecular weight is 354 g/mol. The van der Waals surface area contributed by atoms with E-state index in [4.69, 9.17) is 0 Å². The number of hydrogen-bond donors (Lipinski definition) is 1. The van der Waals surface area contributed by atoms with Gasteiger partial charge < -0.3 is 5.32 Å². The first kappa shape index (κ1) is 16.2. The molecule has 1 unspecified atom stereocenters. The lowest BCUT2D eigenvalue weighted by molar-refractivity contribution is -0.126. The van der Waals surface area contributed by atoms with Crippen LogP contribution in [0.5, 0.6) is 0 Å². The van der Waals surface area contributed by atoms with E-state index in [0.717, 1.165) is 12.1 Å². The first-order valence-electron chi connectivity index (χ1n) is 9.51. The van der Waals surface area contributed by atoms with Crippen LogP contribution < -0.4 is 5.32 Å². The van der Waals surface area contributed by atoms with Gasteiger partial charge in [0, 0.05) is 17.5 Å². The van der Waals surface area contributed by atoms with E-state index in [2.05, 4.69) is 65.8 Å². The molecule has 0 radical (unpaired) electrons. The second-order valence-electron chi connectivity index (χ2n) is 7.98. The van der Waals surface area contributed by atoms with Crippen LogP contribution in [0, 0.1) is 12.3 Å². The molecule has 1 amide bonds. The molecule has 0 saturated heterocycles. The fourth-order valence-electron chi connectivity index (χ4n) is 5.06. The summed E-state index contributed by atoms with van der Waals surface area (Å²) in [7, 11) is 0. The summed E-state index contributed by atoms with van der Waals surface area (Å²) in [5.41, 5.74) is 5.74. The van der Waals surface area contributed by atoms with Crippen LogP contribution >= 0.6 is 0 Å². The average Bonchev–Trinajstić information content (AvgIpc) is 2.68. The molecular weight excluding hydrogens is 332 g/mol. The maximum absolute atomic E-state index is 13.5. The molecule has 2 bridgehead atoms. The van der Waals surface area contributed by atoms with E-state index in [9.17, 15) is 4.79 Å². The van der Waals surface area contributed by atoms with Crippen molar-refractivity contribution in [3.05, 3.63) is 94.7 Å². The van der Waals surface area contributed by atoms with Crippen molar-refractivity contribution in [2.45, 2.75) is 32.1 Å². The molecule has 0 fully saturated rings. The van der Waals surface area contributed by atoms with Gasteiger partial charge in [-0.15, -0.1) is 0 Å². The van der Waals surface area contributed by atoms with Gasteiger partial charge in [0.2, 0.25) is 5.91 Å². The number of nitrogens with zero attached hydrogens (tertiary/aromatic N) is 1. The predicted molar refractivity (Wildman–Crippen MR) is 107 cm³/mol. The van der Waals surface area contributed by atoms with Crippen molar-refractivity contribution in [3.63, 3.8) is 0 Å². The highest BCUT2D eigenvalue weighted by atomic mass is 16.2. The third-order valence-corrected chi connectivity index (χ3v) is 6.28. The summed E-state index contributed by atoms with van der Waals surface area (Å²) in [5, 5.41) is 3.09. The van der Waals surface area contributed by atoms with Crippen molar-refractivity contribution in [1.29, 1.82) is 0 Å². The molecule has 0 spiro atoms. The second-order valence-corrected chi connectivity index (χ2v) is 7.98. The van der Waals surface area contributed by atoms with Gasteiger partial charge in [0.15, 0.2) is 0 Å². The fraction of sp³-hybridized carbons (Fsp3) is 0.250. The van der Waals surface area contributed by atoms with E-state index in [1.807, 2.05) is 25.1 Å². The van der Waals surface area contributed by atoms with E-state index in [1.54, 1.807) is 0 Å². The Morgan fingerprint density at radius 2 is 1.52 bits per heavy atom. The number of aromatic nitrogens is 1. The Bertz CT molecular complexity index is 1010. The number of aryl methyl sites for hydroxylation is 1. The van der Waals surface area contributed by atoms with Crippen LogP contribution in [0.3, 0.4) is 0 Å². The van der Waals surface area contributed by atoms with Crippen molar-refractivity contribution in [1.82, 2.24) is 4.98 Å². The zero-order valence-corrected chi connectivity index (χ0v) is 15.6. The SMILES string of the molecule is Cc1cccc(NC(=O)C2(C)CC3c4ccccc4C2c2ccccc23)n1. The van der Waals surface area contributed by atoms with Crippen LogP contribution in [0.2, 0.25) is 0 Å². The standard InChI is InChI=1S/C24H22N2O/c1-15-8-7-13-21(25-15)26-23(27)24(2)14-20-16-9-3-5-11-18(16)22(24)19-12-6-4-10-17(19)20/h3-13,20,22H,14H2,1-2H3,(H,25,26,27). The highest BCUT2D eigenvalue weighted by Crippen LogP contribution is 2.61. The van der Waals surface area contributed by atoms with Crippen molar-refractivity contribution in [2.75, 3.05) is 5.32 Å². The number of pyridine rings is 1. The molecule has 134 valence electrons. The molecule has 1 N–H and O–H groups in total. The number of carbonyl (C=O) groups is 1. The van der Waals surface area contributed by atoms with E-state index < -0.39 is 5.41 Å². The molecule has 3 nitrogen and oxygen atoms in total. The zero-order valence-electron chi connectivity index (χ0n) is 15.6. The third-order valence-electron chi connectivity index (χ3n) is 6.28. The summed E-state index contributed by atoms with van der Waals surface area (Å²) >= 11 is 0. The minimum atomic E-state index is -0.501. The smallest absolute Gasteiger partial charge is 0.232 e. The fourth-order valence-corrected chi connectivity index (χ4v) is 5.06. The van der Waals surface area contributed by atoms with Gasteiger partial charge in [-0.3, -0.25) is 4.79 Å². The number of benzene rings is 2. The number of carbonyl (C=O) groups excluding carboxylic acids is 1. The highest BCUT2D eigenvalue weighted by Gasteiger charge is 2.53. The van der Waals surface area contributed by atoms with Crippen molar-refractivity contribution in [3.8, 4) is 0 Å². The molecule has 0 aliphatic heterocycles. The van der Waals surface area contributed by atoms with Crippen LogP contribution in [-0.4, -0.2) is 10.9 Å². The van der Waals surface area contributed by atoms with Crippen LogP contribution in [0.1, 0.15) is 53.1 Å². The minimum absolute atomic E-state index is 0.0552. The Morgan fingerprint density at radius 1 is 0.926 bits per heavy atom. The van der Waals surface area contributed by atoms with Crippen LogP contribution in [0.15, 0.2) is 66.7 Å². The van der Waals surface area contributed by atoms with Gasteiger partial charge in [0.25, 0.3) is 0 Å². The van der Waals surface area contributed by atoms with Gasteiger partial charge in [0.05, 0.1) is 5.41 Å². The zero-order chi connectivity index (χ0) is 18.6. The number of hydrogen-bond acceptors (Lipinski definition) is 2. The normalized spacial score (nSPS) is 24.8. The Kier molecular flexibility index (Phi) is 3.48. The molecule has 1 atom stereocenters. The lowest BCUT2D eigenvalue weighted by atomic mass is 9.52. The third kappa shape index (κ3) is 2.34. The van der Waals surface area contributed by atoms with Crippen molar-refractivity contribution < 1.29 is 4.79 Å². The van der Waals surface area contributed by atoms with Gasteiger partial charge in [-0.2, -0.15) is 0 Å². The number of fused-ring (bicyclic) bond motifs is 1. The quantitative estimate of drug-likeness (QED) is 0.702. The summed E-state index contributed by atoms with van der Waals surface area (Å²) in [4.78, 5) is 17.9. The summed E-state index contributed by atoms with van der Waals surface area (Å²) in [6.45, 7) is 4.05. The molecule has 2 aromatic carbocycles. The summed E-state index contributed by atoms with van der Waals surface area (Å²) in [6, 6.07) is 22.9. The first-order chi connectivity index (χ1) is 13.1. The van der Waals surface area contributed by atoms with E-state index in [0.29, 0.717) is 5.82 Å². The van der Waals surface area contributed by atoms with Crippen LogP contribution in [0.4, 0.5) is 5.82 Å². The molecule has 27 heavy (non-hydrogen) atoms. The predicted octanol–water partition coefficient (Wildman–Crippen LogP) is 5.02. The van der Waals surface area contributed by atoms with E-state index >= 15 is 0 Å². The topological polar surface area (TPSA) is 42.0 Å². The number of nitrogens with one attached hydrogen (secondary N) is 1. The summed E-state index contributed by atoms with van der Waals surface area (Å²) < 4.78 is 0. The van der Waals surface area contributed by atoms with Crippen molar-refractivity contribution in [2.24, 2.45) is 5.41 Å². The monoisotopic (exact) mass is 354 g/mol. The van der Waals surface area contributed by atoms with Gasteiger partial charge in [-0.25, -0.2) is 4.98 Å². The number of anilines is 1. The molecule has 0 saturated carbocycles. The second kappa shape index (κ2) is 5.78. The van der Waals surface area contributed by atoms with Gasteiger partial charge in [0.1, 0.15) is 5.82 Å². The number of amides is 1. The Morgan fingerprint density at radius 3 is 2.11 bits per heavy atom. The molecule has 1 aromatic heterocycles. The van der Waals surface area contributed by atoms with Crippen LogP contribution in [-0.2, 0) is 4.79 Å². The lowest BCUT2D eigenvalue weighted by Gasteiger charge is -2.50. The maximum atomic E-state index is 13.5. The largest absolute Gasteiger partial charge is 0.310 e. The molecule has 3 aliphatic rings. The molecule has 3 aliphatic carbocycles. The molecular formula is C24H22N2O. The maximum Gasteiger partial charge on any atom is 0.232 e. The first-order valence-corrected chi connectivity index (χ1v) is 9.51. The Labute approximate surface area is 159 Å². The molecule has 3 heteroatoms. The molecule has 3 aromatic rings. The summed E-state index contributed by atoms with van der Waals surface area (Å²) in [6.07, 6.45) is 0.823. The van der Waals surface area contributed by atoms with Crippen LogP contribution in [0.25, 0.3) is 0 Å². The van der Waals surface area contributed by atoms with Gasteiger partial charge in [-0.1, -0.05) is 54.6 Å². The Balaban J connectivity index is 1.61. The number of rotatable bonds is 2. The minimum Gasteiger partial charge on any atom is -0.310 e. The van der Waals surface area contributed by atoms with Gasteiger partial charge >= 0.3 is 0 Å². The van der Waals surface area contributed by atoms with E-state index in [-0.39, 0.29) is 17.7 Å². The molecule has 6 rings (SSSR count). The molecule has 1 heterocycles. The van der Waals surface area contributed by atoms with Gasteiger partial charge in [-0.05, 0) is 54.7 Å². The summed E-state index contributed by atoms with van der Waals surface area (Å²) in [5.74, 6) is 1.02. The lowest BCUT2D eigenvalue weighted by Crippen LogP contribution is -2.47.